The second kappa shape index (κ2) is 6.76. The molecule has 8 heteroatoms. The second-order valence-electron chi connectivity index (χ2n) is 6.71. The molecule has 0 radical (unpaired) electrons. The third kappa shape index (κ3) is 4.51. The zero-order valence-corrected chi connectivity index (χ0v) is 13.3. The first-order chi connectivity index (χ1) is 11.4. The third-order valence-electron chi connectivity index (χ3n) is 4.64. The van der Waals surface area contributed by atoms with Gasteiger partial charge in [-0.3, -0.25) is 0 Å². The highest BCUT2D eigenvalue weighted by Gasteiger charge is 2.44. The van der Waals surface area contributed by atoms with Crippen molar-refractivity contribution in [1.82, 2.24) is 9.88 Å². The summed E-state index contributed by atoms with van der Waals surface area (Å²) in [5.41, 5.74) is 0.0739. The number of pyridine rings is 1. The van der Waals surface area contributed by atoms with Crippen LogP contribution in [0, 0.1) is 11.3 Å². The summed E-state index contributed by atoms with van der Waals surface area (Å²) in [6.07, 6.45) is -0.351. The van der Waals surface area contributed by atoms with E-state index in [4.69, 9.17) is 4.74 Å². The average molecular weight is 346 g/mol. The Morgan fingerprint density at radius 1 is 1.38 bits per heavy atom. The van der Waals surface area contributed by atoms with Gasteiger partial charge in [0.2, 0.25) is 0 Å². The Balaban J connectivity index is 1.50. The first-order valence-corrected chi connectivity index (χ1v) is 8.06. The minimum absolute atomic E-state index is 0.0739. The maximum Gasteiger partial charge on any atom is 0.573 e. The number of aromatic nitrogens is 1. The number of nitrogens with zero attached hydrogens (tertiary/aromatic N) is 2. The SMILES string of the molecule is OCC1(CN2CC[C@H](COc3ncccc3OC(F)(F)F)C2)CC1. The molecule has 1 atom stereocenters. The molecule has 0 aromatic carbocycles. The van der Waals surface area contributed by atoms with Crippen LogP contribution in [0.5, 0.6) is 11.6 Å². The summed E-state index contributed by atoms with van der Waals surface area (Å²) in [6.45, 7) is 3.14. The summed E-state index contributed by atoms with van der Waals surface area (Å²) in [7, 11) is 0. The van der Waals surface area contributed by atoms with Gasteiger partial charge in [0.15, 0.2) is 5.75 Å². The molecule has 1 aromatic heterocycles. The molecule has 5 nitrogen and oxygen atoms in total. The van der Waals surface area contributed by atoms with Crippen molar-refractivity contribution in [1.29, 1.82) is 0 Å². The number of aliphatic hydroxyl groups excluding tert-OH is 1. The maximum absolute atomic E-state index is 12.4. The van der Waals surface area contributed by atoms with Gasteiger partial charge in [0.25, 0.3) is 5.88 Å². The lowest BCUT2D eigenvalue weighted by Gasteiger charge is -2.21. The monoisotopic (exact) mass is 346 g/mol. The summed E-state index contributed by atoms with van der Waals surface area (Å²) in [6, 6.07) is 2.56. The predicted molar refractivity (Wildman–Crippen MR) is 79.7 cm³/mol. The zero-order chi connectivity index (χ0) is 17.2. The number of halogens is 3. The Morgan fingerprint density at radius 3 is 2.83 bits per heavy atom. The Kier molecular flexibility index (Phi) is 4.87. The summed E-state index contributed by atoms with van der Waals surface area (Å²) in [5.74, 6) is -0.320. The van der Waals surface area contributed by atoms with E-state index in [0.29, 0.717) is 6.61 Å². The molecule has 1 N–H and O–H groups in total. The van der Waals surface area contributed by atoms with Crippen LogP contribution in [0.25, 0.3) is 0 Å². The summed E-state index contributed by atoms with van der Waals surface area (Å²) >= 11 is 0. The molecule has 1 saturated carbocycles. The average Bonchev–Trinajstić information content (AvgIpc) is 3.15. The van der Waals surface area contributed by atoms with Gasteiger partial charge in [-0.15, -0.1) is 13.2 Å². The topological polar surface area (TPSA) is 54.8 Å². The molecule has 2 fully saturated rings. The molecule has 1 aromatic rings. The molecule has 1 saturated heterocycles. The van der Waals surface area contributed by atoms with E-state index >= 15 is 0 Å². The van der Waals surface area contributed by atoms with Crippen LogP contribution in [0.1, 0.15) is 19.3 Å². The van der Waals surface area contributed by atoms with Gasteiger partial charge in [0.1, 0.15) is 0 Å². The van der Waals surface area contributed by atoms with Gasteiger partial charge in [-0.25, -0.2) is 4.98 Å². The molecule has 0 amide bonds. The van der Waals surface area contributed by atoms with Crippen molar-refractivity contribution in [2.45, 2.75) is 25.6 Å². The van der Waals surface area contributed by atoms with Crippen molar-refractivity contribution < 1.29 is 27.8 Å². The Hall–Kier alpha value is -1.54. The van der Waals surface area contributed by atoms with E-state index < -0.39 is 12.1 Å². The molecule has 2 aliphatic rings. The van der Waals surface area contributed by atoms with Gasteiger partial charge in [0.05, 0.1) is 6.61 Å². The molecular formula is C16H21F3N2O3. The lowest BCUT2D eigenvalue weighted by molar-refractivity contribution is -0.275. The molecule has 2 heterocycles. The first-order valence-electron chi connectivity index (χ1n) is 8.06. The lowest BCUT2D eigenvalue weighted by atomic mass is 10.1. The van der Waals surface area contributed by atoms with E-state index in [1.165, 1.54) is 18.3 Å². The largest absolute Gasteiger partial charge is 0.573 e. The summed E-state index contributed by atoms with van der Waals surface area (Å²) < 4.78 is 46.5. The summed E-state index contributed by atoms with van der Waals surface area (Å²) in [4.78, 5) is 6.13. The van der Waals surface area contributed by atoms with Gasteiger partial charge in [-0.2, -0.15) is 0 Å². The van der Waals surface area contributed by atoms with Crippen LogP contribution < -0.4 is 9.47 Å². The van der Waals surface area contributed by atoms with E-state index in [-0.39, 0.29) is 23.8 Å². The molecule has 0 bridgehead atoms. The van der Waals surface area contributed by atoms with Crippen molar-refractivity contribution in [3.63, 3.8) is 0 Å². The normalized spacial score (nSPS) is 23.2. The fraction of sp³-hybridized carbons (Fsp3) is 0.688. The quantitative estimate of drug-likeness (QED) is 0.822. The maximum atomic E-state index is 12.4. The molecule has 0 spiro atoms. The highest BCUT2D eigenvalue weighted by molar-refractivity contribution is 5.32. The molecule has 134 valence electrons. The van der Waals surface area contributed by atoms with E-state index in [2.05, 4.69) is 14.6 Å². The number of hydrogen-bond acceptors (Lipinski definition) is 5. The number of alkyl halides is 3. The number of hydrogen-bond donors (Lipinski definition) is 1. The molecule has 24 heavy (non-hydrogen) atoms. The zero-order valence-electron chi connectivity index (χ0n) is 13.3. The number of aliphatic hydroxyl groups is 1. The van der Waals surface area contributed by atoms with Crippen LogP contribution in [0.4, 0.5) is 13.2 Å². The van der Waals surface area contributed by atoms with Crippen LogP contribution >= 0.6 is 0 Å². The van der Waals surface area contributed by atoms with E-state index in [1.807, 2.05) is 0 Å². The van der Waals surface area contributed by atoms with Gasteiger partial charge >= 0.3 is 6.36 Å². The van der Waals surface area contributed by atoms with Crippen LogP contribution in [0.3, 0.4) is 0 Å². The Morgan fingerprint density at radius 2 is 2.17 bits per heavy atom. The smallest absolute Gasteiger partial charge is 0.475 e. The summed E-state index contributed by atoms with van der Waals surface area (Å²) in [5, 5.41) is 9.39. The van der Waals surface area contributed by atoms with E-state index in [0.717, 1.165) is 38.9 Å². The van der Waals surface area contributed by atoms with Crippen molar-refractivity contribution in [2.24, 2.45) is 11.3 Å². The fourth-order valence-corrected chi connectivity index (χ4v) is 3.09. The van der Waals surface area contributed by atoms with Crippen LogP contribution in [-0.2, 0) is 0 Å². The molecule has 0 unspecified atom stereocenters. The number of ether oxygens (including phenoxy) is 2. The third-order valence-corrected chi connectivity index (χ3v) is 4.64. The first kappa shape index (κ1) is 17.3. The number of likely N-dealkylation sites (tertiary alicyclic amines) is 1. The molecule has 1 aliphatic carbocycles. The standard InChI is InChI=1S/C16H21F3N2O3/c17-16(18,19)24-13-2-1-6-20-14(13)23-9-12-3-7-21(8-12)10-15(11-22)4-5-15/h1-2,6,12,22H,3-5,7-11H2/t12-/m0/s1. The minimum atomic E-state index is -4.77. The van der Waals surface area contributed by atoms with Gasteiger partial charge in [-0.1, -0.05) is 0 Å². The van der Waals surface area contributed by atoms with Crippen LogP contribution in [0.15, 0.2) is 18.3 Å². The predicted octanol–water partition coefficient (Wildman–Crippen LogP) is 2.45. The van der Waals surface area contributed by atoms with Crippen LogP contribution in [0.2, 0.25) is 0 Å². The lowest BCUT2D eigenvalue weighted by Crippen LogP contribution is -2.31. The highest BCUT2D eigenvalue weighted by atomic mass is 19.4. The molecular weight excluding hydrogens is 325 g/mol. The molecule has 3 rings (SSSR count). The molecule has 1 aliphatic heterocycles. The Labute approximate surface area is 138 Å². The van der Waals surface area contributed by atoms with E-state index in [9.17, 15) is 18.3 Å². The van der Waals surface area contributed by atoms with Gasteiger partial charge in [-0.05, 0) is 37.9 Å². The van der Waals surface area contributed by atoms with Crippen molar-refractivity contribution >= 4 is 0 Å². The second-order valence-corrected chi connectivity index (χ2v) is 6.71. The van der Waals surface area contributed by atoms with Crippen LogP contribution in [-0.4, -0.2) is 54.2 Å². The van der Waals surface area contributed by atoms with Crippen molar-refractivity contribution in [3.05, 3.63) is 18.3 Å². The minimum Gasteiger partial charge on any atom is -0.475 e. The van der Waals surface area contributed by atoms with Gasteiger partial charge < -0.3 is 19.5 Å². The van der Waals surface area contributed by atoms with Crippen molar-refractivity contribution in [2.75, 3.05) is 32.8 Å². The number of rotatable bonds is 7. The Bertz CT molecular complexity index is 564. The van der Waals surface area contributed by atoms with Crippen molar-refractivity contribution in [3.8, 4) is 11.6 Å². The van der Waals surface area contributed by atoms with E-state index in [1.54, 1.807) is 0 Å². The highest BCUT2D eigenvalue weighted by Crippen LogP contribution is 2.46. The van der Waals surface area contributed by atoms with Gasteiger partial charge in [0, 0.05) is 37.2 Å². The fourth-order valence-electron chi connectivity index (χ4n) is 3.09.